The lowest BCUT2D eigenvalue weighted by molar-refractivity contribution is 0.102. The highest BCUT2D eigenvalue weighted by Crippen LogP contribution is 2.14. The molecule has 0 aromatic carbocycles. The van der Waals surface area contributed by atoms with Crippen LogP contribution in [0, 0.1) is 6.92 Å². The minimum atomic E-state index is -0.234. The lowest BCUT2D eigenvalue weighted by Gasteiger charge is -2.01. The molecule has 2 heterocycles. The summed E-state index contributed by atoms with van der Waals surface area (Å²) < 4.78 is 5.92. The smallest absolute Gasteiger partial charge is 0.260 e. The number of hydrogen-bond acceptors (Lipinski definition) is 3. The van der Waals surface area contributed by atoms with E-state index in [1.165, 1.54) is 6.26 Å². The molecular formula is C11H9BrN2O2. The standard InChI is InChI=1S/C11H9BrN2O2/c1-7-4-8(6-16-7)11(15)14-10-5-9(12)2-3-13-10/h2-6H,1H3,(H,13,14,15). The number of carbonyl (C=O) groups excluding carboxylic acids is 1. The van der Waals surface area contributed by atoms with E-state index in [1.807, 2.05) is 0 Å². The fourth-order valence-electron chi connectivity index (χ4n) is 1.22. The molecule has 4 nitrogen and oxygen atoms in total. The summed E-state index contributed by atoms with van der Waals surface area (Å²) in [6.45, 7) is 1.79. The molecule has 0 saturated heterocycles. The third-order valence-corrected chi connectivity index (χ3v) is 2.45. The second-order valence-corrected chi connectivity index (χ2v) is 4.18. The summed E-state index contributed by atoms with van der Waals surface area (Å²) in [5, 5.41) is 2.67. The van der Waals surface area contributed by atoms with Crippen LogP contribution in [0.4, 0.5) is 5.82 Å². The van der Waals surface area contributed by atoms with Crippen LogP contribution in [0.15, 0.2) is 39.5 Å². The van der Waals surface area contributed by atoms with Crippen molar-refractivity contribution >= 4 is 27.7 Å². The van der Waals surface area contributed by atoms with Crippen molar-refractivity contribution in [2.24, 2.45) is 0 Å². The first kappa shape index (κ1) is 10.9. The number of nitrogens with one attached hydrogen (secondary N) is 1. The first-order valence-corrected chi connectivity index (χ1v) is 5.42. The third-order valence-electron chi connectivity index (χ3n) is 1.96. The molecule has 0 aliphatic carbocycles. The van der Waals surface area contributed by atoms with Crippen LogP contribution in [0.25, 0.3) is 0 Å². The van der Waals surface area contributed by atoms with E-state index in [2.05, 4.69) is 26.2 Å². The van der Waals surface area contributed by atoms with E-state index < -0.39 is 0 Å². The van der Waals surface area contributed by atoms with E-state index in [9.17, 15) is 4.79 Å². The van der Waals surface area contributed by atoms with Gasteiger partial charge in [0.05, 0.1) is 5.56 Å². The van der Waals surface area contributed by atoms with Gasteiger partial charge in [-0.15, -0.1) is 0 Å². The normalized spacial score (nSPS) is 10.1. The zero-order valence-corrected chi connectivity index (χ0v) is 10.1. The van der Waals surface area contributed by atoms with Gasteiger partial charge < -0.3 is 9.73 Å². The lowest BCUT2D eigenvalue weighted by atomic mass is 10.3. The molecule has 0 spiro atoms. The molecule has 0 aliphatic rings. The summed E-state index contributed by atoms with van der Waals surface area (Å²) in [7, 11) is 0. The van der Waals surface area contributed by atoms with Crippen molar-refractivity contribution in [1.82, 2.24) is 4.98 Å². The van der Waals surface area contributed by atoms with Gasteiger partial charge >= 0.3 is 0 Å². The van der Waals surface area contributed by atoms with Crippen molar-refractivity contribution in [3.8, 4) is 0 Å². The highest BCUT2D eigenvalue weighted by Gasteiger charge is 2.09. The van der Waals surface area contributed by atoms with Crippen molar-refractivity contribution in [2.75, 3.05) is 5.32 Å². The van der Waals surface area contributed by atoms with Gasteiger partial charge in [0.2, 0.25) is 0 Å². The van der Waals surface area contributed by atoms with Crippen LogP contribution in [0.5, 0.6) is 0 Å². The monoisotopic (exact) mass is 280 g/mol. The summed E-state index contributed by atoms with van der Waals surface area (Å²) in [6.07, 6.45) is 3.03. The Balaban J connectivity index is 2.13. The number of amides is 1. The van der Waals surface area contributed by atoms with Crippen LogP contribution in [-0.2, 0) is 0 Å². The Morgan fingerprint density at radius 2 is 2.31 bits per heavy atom. The van der Waals surface area contributed by atoms with Gasteiger partial charge in [-0.25, -0.2) is 4.98 Å². The number of halogens is 1. The number of rotatable bonds is 2. The number of pyridine rings is 1. The SMILES string of the molecule is Cc1cc(C(=O)Nc2cc(Br)ccn2)co1. The average molecular weight is 281 g/mol. The molecule has 0 bridgehead atoms. The van der Waals surface area contributed by atoms with Gasteiger partial charge in [-0.3, -0.25) is 4.79 Å². The topological polar surface area (TPSA) is 55.1 Å². The maximum absolute atomic E-state index is 11.7. The fourth-order valence-corrected chi connectivity index (χ4v) is 1.56. The van der Waals surface area contributed by atoms with Crippen molar-refractivity contribution < 1.29 is 9.21 Å². The Morgan fingerprint density at radius 3 is 2.94 bits per heavy atom. The molecule has 0 saturated carbocycles. The molecule has 2 rings (SSSR count). The first-order chi connectivity index (χ1) is 7.65. The molecule has 0 atom stereocenters. The molecule has 82 valence electrons. The Morgan fingerprint density at radius 1 is 1.50 bits per heavy atom. The zero-order chi connectivity index (χ0) is 11.5. The molecule has 1 N–H and O–H groups in total. The van der Waals surface area contributed by atoms with Crippen LogP contribution < -0.4 is 5.32 Å². The lowest BCUT2D eigenvalue weighted by Crippen LogP contribution is -2.11. The van der Waals surface area contributed by atoms with E-state index in [0.717, 1.165) is 4.47 Å². The quantitative estimate of drug-likeness (QED) is 0.920. The van der Waals surface area contributed by atoms with Crippen molar-refractivity contribution in [3.05, 3.63) is 46.5 Å². The Bertz CT molecular complexity index is 522. The van der Waals surface area contributed by atoms with Gasteiger partial charge in [0.1, 0.15) is 17.8 Å². The third kappa shape index (κ3) is 2.49. The fraction of sp³-hybridized carbons (Fsp3) is 0.0909. The number of hydrogen-bond donors (Lipinski definition) is 1. The Kier molecular flexibility index (Phi) is 3.05. The van der Waals surface area contributed by atoms with Gasteiger partial charge in [-0.1, -0.05) is 15.9 Å². The number of anilines is 1. The summed E-state index contributed by atoms with van der Waals surface area (Å²) in [4.78, 5) is 15.7. The number of furan rings is 1. The highest BCUT2D eigenvalue weighted by atomic mass is 79.9. The maximum Gasteiger partial charge on any atom is 0.260 e. The van der Waals surface area contributed by atoms with Crippen molar-refractivity contribution in [3.63, 3.8) is 0 Å². The van der Waals surface area contributed by atoms with E-state index in [-0.39, 0.29) is 5.91 Å². The summed E-state index contributed by atoms with van der Waals surface area (Å²) in [5.74, 6) is 0.966. The average Bonchev–Trinajstić information content (AvgIpc) is 2.65. The van der Waals surface area contributed by atoms with E-state index in [4.69, 9.17) is 4.42 Å². The predicted molar refractivity (Wildman–Crippen MR) is 63.3 cm³/mol. The van der Waals surface area contributed by atoms with Gasteiger partial charge in [0.25, 0.3) is 5.91 Å². The zero-order valence-electron chi connectivity index (χ0n) is 8.53. The number of aryl methyl sites for hydroxylation is 1. The molecule has 16 heavy (non-hydrogen) atoms. The number of carbonyl (C=O) groups is 1. The summed E-state index contributed by atoms with van der Waals surface area (Å²) in [6, 6.07) is 5.19. The van der Waals surface area contributed by atoms with Crippen LogP contribution in [-0.4, -0.2) is 10.9 Å². The van der Waals surface area contributed by atoms with Crippen LogP contribution in [0.1, 0.15) is 16.1 Å². The maximum atomic E-state index is 11.7. The minimum absolute atomic E-state index is 0.234. The Labute approximate surface area is 101 Å². The van der Waals surface area contributed by atoms with Gasteiger partial charge in [0.15, 0.2) is 0 Å². The van der Waals surface area contributed by atoms with E-state index in [0.29, 0.717) is 17.1 Å². The second-order valence-electron chi connectivity index (χ2n) is 3.26. The van der Waals surface area contributed by atoms with Gasteiger partial charge in [-0.05, 0) is 25.1 Å². The van der Waals surface area contributed by atoms with Crippen LogP contribution in [0.2, 0.25) is 0 Å². The first-order valence-electron chi connectivity index (χ1n) is 4.63. The molecule has 0 radical (unpaired) electrons. The van der Waals surface area contributed by atoms with E-state index >= 15 is 0 Å². The molecule has 2 aromatic heterocycles. The van der Waals surface area contributed by atoms with Crippen molar-refractivity contribution in [1.29, 1.82) is 0 Å². The molecule has 5 heteroatoms. The summed E-state index contributed by atoms with van der Waals surface area (Å²) >= 11 is 3.30. The molecule has 0 aliphatic heterocycles. The molecule has 0 unspecified atom stereocenters. The van der Waals surface area contributed by atoms with Crippen molar-refractivity contribution in [2.45, 2.75) is 6.92 Å². The predicted octanol–water partition coefficient (Wildman–Crippen LogP) is 3.00. The minimum Gasteiger partial charge on any atom is -0.469 e. The van der Waals surface area contributed by atoms with Crippen LogP contribution in [0.3, 0.4) is 0 Å². The van der Waals surface area contributed by atoms with Gasteiger partial charge in [0, 0.05) is 10.7 Å². The highest BCUT2D eigenvalue weighted by molar-refractivity contribution is 9.10. The number of aromatic nitrogens is 1. The molecule has 0 fully saturated rings. The summed E-state index contributed by atoms with van der Waals surface area (Å²) in [5.41, 5.74) is 0.485. The number of nitrogens with zero attached hydrogens (tertiary/aromatic N) is 1. The van der Waals surface area contributed by atoms with Crippen LogP contribution >= 0.6 is 15.9 Å². The Hall–Kier alpha value is -1.62. The molecular weight excluding hydrogens is 272 g/mol. The largest absolute Gasteiger partial charge is 0.469 e. The molecule has 1 amide bonds. The van der Waals surface area contributed by atoms with Gasteiger partial charge in [-0.2, -0.15) is 0 Å². The second kappa shape index (κ2) is 4.49. The van der Waals surface area contributed by atoms with E-state index in [1.54, 1.807) is 31.3 Å². The molecule has 2 aromatic rings.